The minimum absolute atomic E-state index is 0.361. The molecular formula is C19H29NOSSi. The zero-order valence-electron chi connectivity index (χ0n) is 14.7. The van der Waals surface area contributed by atoms with Crippen molar-refractivity contribution >= 4 is 17.8 Å². The van der Waals surface area contributed by atoms with Gasteiger partial charge in [0, 0.05) is 10.6 Å². The van der Waals surface area contributed by atoms with Crippen molar-refractivity contribution < 1.29 is 4.21 Å². The lowest BCUT2D eigenvalue weighted by Crippen LogP contribution is -2.29. The van der Waals surface area contributed by atoms with Crippen molar-refractivity contribution in [2.75, 3.05) is 12.3 Å². The van der Waals surface area contributed by atoms with E-state index in [2.05, 4.69) is 43.2 Å². The van der Waals surface area contributed by atoms with Gasteiger partial charge in [0.1, 0.15) is 14.6 Å². The lowest BCUT2D eigenvalue weighted by molar-refractivity contribution is 0.675. The highest BCUT2D eigenvalue weighted by Gasteiger charge is 2.23. The van der Waals surface area contributed by atoms with E-state index in [9.17, 15) is 4.21 Å². The smallest absolute Gasteiger partial charge is 0.137 e. The van der Waals surface area contributed by atoms with Crippen LogP contribution in [0.2, 0.25) is 18.1 Å². The standard InChI is InChI=1S/C19H29NOSSi/c1-5-9-17-22(21,19-14-11-10-12-15-19)20-16-13-18-23(6-2,7-3)8-4/h5,10-12,14-15H,1,6-9,16-17H2,2-4H3. The van der Waals surface area contributed by atoms with Gasteiger partial charge in [-0.15, -0.1) is 12.1 Å². The summed E-state index contributed by atoms with van der Waals surface area (Å²) < 4.78 is 17.7. The molecule has 0 fully saturated rings. The van der Waals surface area contributed by atoms with Crippen LogP contribution in [0.1, 0.15) is 27.2 Å². The lowest BCUT2D eigenvalue weighted by atomic mass is 10.4. The Labute approximate surface area is 143 Å². The average molecular weight is 348 g/mol. The topological polar surface area (TPSA) is 29.4 Å². The first-order valence-corrected chi connectivity index (χ1v) is 12.7. The van der Waals surface area contributed by atoms with Gasteiger partial charge < -0.3 is 0 Å². The highest BCUT2D eigenvalue weighted by Crippen LogP contribution is 2.19. The fraction of sp³-hybridized carbons (Fsp3) is 0.474. The molecule has 0 bridgehead atoms. The van der Waals surface area contributed by atoms with Gasteiger partial charge in [-0.2, -0.15) is 0 Å². The summed E-state index contributed by atoms with van der Waals surface area (Å²) in [5.41, 5.74) is 3.51. The number of hydrogen-bond donors (Lipinski definition) is 0. The molecule has 4 heteroatoms. The summed E-state index contributed by atoms with van der Waals surface area (Å²) >= 11 is 0. The minimum Gasteiger partial charge on any atom is -0.245 e. The molecular weight excluding hydrogens is 318 g/mol. The van der Waals surface area contributed by atoms with Gasteiger partial charge in [-0.25, -0.2) is 8.57 Å². The van der Waals surface area contributed by atoms with Crippen molar-refractivity contribution in [3.63, 3.8) is 0 Å². The van der Waals surface area contributed by atoms with Crippen LogP contribution in [0.15, 0.2) is 52.2 Å². The second kappa shape index (κ2) is 9.74. The molecule has 23 heavy (non-hydrogen) atoms. The summed E-state index contributed by atoms with van der Waals surface area (Å²) in [6, 6.07) is 13.1. The van der Waals surface area contributed by atoms with E-state index in [0.29, 0.717) is 18.7 Å². The third-order valence-corrected chi connectivity index (χ3v) is 11.6. The molecule has 0 spiro atoms. The molecule has 1 aromatic carbocycles. The molecule has 0 heterocycles. The van der Waals surface area contributed by atoms with Crippen LogP contribution in [0.25, 0.3) is 0 Å². The summed E-state index contributed by atoms with van der Waals surface area (Å²) in [4.78, 5) is 0.800. The summed E-state index contributed by atoms with van der Waals surface area (Å²) in [5.74, 6) is 3.74. The molecule has 0 aliphatic rings. The maximum atomic E-state index is 13.2. The third kappa shape index (κ3) is 5.67. The van der Waals surface area contributed by atoms with Gasteiger partial charge in [-0.1, -0.05) is 51.0 Å². The van der Waals surface area contributed by atoms with E-state index in [1.165, 1.54) is 18.1 Å². The Kier molecular flexibility index (Phi) is 8.36. The van der Waals surface area contributed by atoms with Gasteiger partial charge in [-0.05, 0) is 36.7 Å². The molecule has 1 aromatic rings. The van der Waals surface area contributed by atoms with Gasteiger partial charge in [0.25, 0.3) is 0 Å². The SMILES string of the molecule is C=CCCS(=O)(=NCC#C[Si](CC)(CC)CC)c1ccccc1. The molecule has 126 valence electrons. The molecule has 0 N–H and O–H groups in total. The van der Waals surface area contributed by atoms with Crippen molar-refractivity contribution in [1.82, 2.24) is 0 Å². The highest BCUT2D eigenvalue weighted by molar-refractivity contribution is 7.93. The summed E-state index contributed by atoms with van der Waals surface area (Å²) in [5, 5.41) is 0. The van der Waals surface area contributed by atoms with Crippen LogP contribution in [-0.2, 0) is 9.73 Å². The van der Waals surface area contributed by atoms with Crippen LogP contribution in [0, 0.1) is 11.5 Å². The summed E-state index contributed by atoms with van der Waals surface area (Å²) in [6.07, 6.45) is 2.50. The van der Waals surface area contributed by atoms with E-state index in [0.717, 1.165) is 4.90 Å². The van der Waals surface area contributed by atoms with Crippen molar-refractivity contribution in [3.8, 4) is 11.5 Å². The molecule has 0 saturated heterocycles. The first-order chi connectivity index (χ1) is 11.1. The second-order valence-corrected chi connectivity index (χ2v) is 13.0. The van der Waals surface area contributed by atoms with Crippen LogP contribution < -0.4 is 0 Å². The Morgan fingerprint density at radius 1 is 1.17 bits per heavy atom. The quantitative estimate of drug-likeness (QED) is 0.364. The van der Waals surface area contributed by atoms with Crippen molar-refractivity contribution in [2.24, 2.45) is 4.36 Å². The zero-order valence-corrected chi connectivity index (χ0v) is 16.5. The van der Waals surface area contributed by atoms with E-state index >= 15 is 0 Å². The Bertz CT molecular complexity index is 651. The first kappa shape index (κ1) is 19.7. The Morgan fingerprint density at radius 2 is 1.78 bits per heavy atom. The Morgan fingerprint density at radius 3 is 2.30 bits per heavy atom. The number of benzene rings is 1. The van der Waals surface area contributed by atoms with Crippen LogP contribution >= 0.6 is 0 Å². The molecule has 0 aliphatic carbocycles. The van der Waals surface area contributed by atoms with E-state index in [1.807, 2.05) is 30.3 Å². The number of hydrogen-bond acceptors (Lipinski definition) is 2. The molecule has 1 rings (SSSR count). The molecule has 1 unspecified atom stereocenters. The van der Waals surface area contributed by atoms with Gasteiger partial charge in [-0.3, -0.25) is 0 Å². The predicted octanol–water partition coefficient (Wildman–Crippen LogP) is 5.14. The third-order valence-electron chi connectivity index (χ3n) is 4.45. The van der Waals surface area contributed by atoms with Crippen LogP contribution in [0.5, 0.6) is 0 Å². The molecule has 1 atom stereocenters. The van der Waals surface area contributed by atoms with Crippen LogP contribution in [0.3, 0.4) is 0 Å². The van der Waals surface area contributed by atoms with Crippen LogP contribution in [0.4, 0.5) is 0 Å². The van der Waals surface area contributed by atoms with E-state index < -0.39 is 17.8 Å². The molecule has 0 aromatic heterocycles. The highest BCUT2D eigenvalue weighted by atomic mass is 32.2. The fourth-order valence-corrected chi connectivity index (χ4v) is 6.85. The first-order valence-electron chi connectivity index (χ1n) is 8.42. The van der Waals surface area contributed by atoms with Crippen LogP contribution in [-0.4, -0.2) is 24.6 Å². The minimum atomic E-state index is -2.40. The zero-order chi connectivity index (χ0) is 17.2. The van der Waals surface area contributed by atoms with Crippen molar-refractivity contribution in [1.29, 1.82) is 0 Å². The van der Waals surface area contributed by atoms with Gasteiger partial charge >= 0.3 is 0 Å². The number of nitrogens with zero attached hydrogens (tertiary/aromatic N) is 1. The summed E-state index contributed by atoms with van der Waals surface area (Å²) in [6.45, 7) is 10.8. The second-order valence-electron chi connectivity index (χ2n) is 5.66. The van der Waals surface area contributed by atoms with Gasteiger partial charge in [0.05, 0.1) is 9.73 Å². The monoisotopic (exact) mass is 347 g/mol. The van der Waals surface area contributed by atoms with Gasteiger partial charge in [0.15, 0.2) is 0 Å². The lowest BCUT2D eigenvalue weighted by Gasteiger charge is -2.19. The molecule has 0 aliphatic heterocycles. The fourth-order valence-electron chi connectivity index (χ4n) is 2.51. The summed E-state index contributed by atoms with van der Waals surface area (Å²) in [7, 11) is -3.85. The van der Waals surface area contributed by atoms with E-state index in [4.69, 9.17) is 0 Å². The average Bonchev–Trinajstić information content (AvgIpc) is 2.61. The molecule has 0 saturated carbocycles. The molecule has 2 nitrogen and oxygen atoms in total. The van der Waals surface area contributed by atoms with Crippen molar-refractivity contribution in [3.05, 3.63) is 43.0 Å². The van der Waals surface area contributed by atoms with E-state index in [1.54, 1.807) is 6.08 Å². The maximum Gasteiger partial charge on any atom is 0.137 e. The van der Waals surface area contributed by atoms with E-state index in [-0.39, 0.29) is 0 Å². The van der Waals surface area contributed by atoms with Gasteiger partial charge in [0.2, 0.25) is 0 Å². The maximum absolute atomic E-state index is 13.2. The number of rotatable bonds is 8. The largest absolute Gasteiger partial charge is 0.245 e. The molecule has 0 radical (unpaired) electrons. The Balaban J connectivity index is 3.04. The molecule has 0 amide bonds. The Hall–Kier alpha value is -1.31. The predicted molar refractivity (Wildman–Crippen MR) is 105 cm³/mol. The number of allylic oxidation sites excluding steroid dienone is 1. The van der Waals surface area contributed by atoms with Crippen molar-refractivity contribution in [2.45, 2.75) is 50.2 Å². The normalized spacial score (nSPS) is 13.5.